The summed E-state index contributed by atoms with van der Waals surface area (Å²) >= 11 is 0. The van der Waals surface area contributed by atoms with Crippen LogP contribution in [0.25, 0.3) is 77.9 Å². The molecule has 0 atom stereocenters. The highest BCUT2D eigenvalue weighted by atomic mass is 15.0. The third-order valence-electron chi connectivity index (χ3n) is 11.3. The van der Waals surface area contributed by atoms with Crippen molar-refractivity contribution in [3.8, 4) is 33.6 Å². The average Bonchev–Trinajstić information content (AvgIpc) is 3.72. The van der Waals surface area contributed by atoms with Gasteiger partial charge in [-0.3, -0.25) is 0 Å². The Balaban J connectivity index is 1.24. The lowest BCUT2D eigenvalue weighted by molar-refractivity contribution is 1.01. The van der Waals surface area contributed by atoms with Crippen molar-refractivity contribution in [1.82, 2.24) is 9.13 Å². The van der Waals surface area contributed by atoms with Gasteiger partial charge in [-0.05, 0) is 70.9 Å². The molecule has 0 saturated carbocycles. The lowest BCUT2D eigenvalue weighted by Crippen LogP contribution is -2.54. The molecule has 0 fully saturated rings. The molecule has 2 nitrogen and oxygen atoms in total. The SMILES string of the molecule is C1=c2c3n(c4ccccc24)-c2cc(-n4c5cc(-c6ccccc6)ccc5c5ccc(-c6ccccc6)cc54)ccc2B(c2ccccc2)C=3CC1. The molecule has 0 spiro atoms. The van der Waals surface area contributed by atoms with E-state index >= 15 is 0 Å². The van der Waals surface area contributed by atoms with Crippen molar-refractivity contribution >= 4 is 61.9 Å². The first-order valence-electron chi connectivity index (χ1n) is 18.0. The maximum absolute atomic E-state index is 2.58. The average molecular weight is 649 g/mol. The van der Waals surface area contributed by atoms with Gasteiger partial charge in [0.1, 0.15) is 0 Å². The van der Waals surface area contributed by atoms with Crippen molar-refractivity contribution in [1.29, 1.82) is 0 Å². The highest BCUT2D eigenvalue weighted by Gasteiger charge is 2.34. The predicted molar refractivity (Wildman–Crippen MR) is 216 cm³/mol. The molecule has 7 aromatic carbocycles. The highest BCUT2D eigenvalue weighted by Crippen LogP contribution is 2.38. The maximum atomic E-state index is 2.58. The van der Waals surface area contributed by atoms with Crippen LogP contribution in [0.15, 0.2) is 170 Å². The van der Waals surface area contributed by atoms with Gasteiger partial charge in [-0.1, -0.05) is 157 Å². The fourth-order valence-electron chi connectivity index (χ4n) is 9.05. The molecule has 1 aliphatic carbocycles. The summed E-state index contributed by atoms with van der Waals surface area (Å²) in [7, 11) is 0. The Bertz CT molecular complexity index is 2860. The van der Waals surface area contributed by atoms with Crippen LogP contribution in [0.2, 0.25) is 0 Å². The molecular formula is C48H33BN2. The van der Waals surface area contributed by atoms with Gasteiger partial charge in [0.05, 0.1) is 16.6 Å². The minimum absolute atomic E-state index is 0.215. The lowest BCUT2D eigenvalue weighted by Gasteiger charge is -2.29. The molecule has 2 aliphatic rings. The summed E-state index contributed by atoms with van der Waals surface area (Å²) in [5.74, 6) is 0. The van der Waals surface area contributed by atoms with E-state index in [0.29, 0.717) is 0 Å². The smallest absolute Gasteiger partial charge is 0.242 e. The summed E-state index contributed by atoms with van der Waals surface area (Å²) in [6.45, 7) is 0.215. The van der Waals surface area contributed by atoms with Gasteiger partial charge in [0.2, 0.25) is 6.71 Å². The molecule has 0 bridgehead atoms. The molecule has 0 unspecified atom stereocenters. The number of aromatic nitrogens is 2. The first kappa shape index (κ1) is 28.5. The van der Waals surface area contributed by atoms with E-state index < -0.39 is 0 Å². The largest absolute Gasteiger partial charge is 0.311 e. The second-order valence-electron chi connectivity index (χ2n) is 14.0. The van der Waals surface area contributed by atoms with Crippen LogP contribution in [0.1, 0.15) is 12.8 Å². The minimum atomic E-state index is 0.215. The standard InChI is InChI=1S/C48H33BN2/c1-4-13-32(14-5-1)34-23-26-39-40-27-24-35(33-15-6-2-7-16-33)30-46(40)50(45(39)29-34)37-25-28-42-47(31-37)51-44-22-11-10-19-38(44)41-20-12-21-43(48(41)51)49(42)36-17-8-3-9-18-36/h1-11,13-20,22-31H,12,21H2. The molecular weight excluding hydrogens is 615 g/mol. The number of benzene rings is 7. The Morgan fingerprint density at radius 2 is 1.06 bits per heavy atom. The molecule has 51 heavy (non-hydrogen) atoms. The zero-order valence-electron chi connectivity index (χ0n) is 28.1. The molecule has 0 radical (unpaired) electrons. The Kier molecular flexibility index (Phi) is 6.21. The van der Waals surface area contributed by atoms with E-state index in [1.165, 1.54) is 93.3 Å². The number of hydrogen-bond acceptors (Lipinski definition) is 0. The van der Waals surface area contributed by atoms with Gasteiger partial charge < -0.3 is 9.13 Å². The van der Waals surface area contributed by atoms with Crippen LogP contribution < -0.4 is 21.5 Å². The third-order valence-corrected chi connectivity index (χ3v) is 11.3. The molecule has 238 valence electrons. The van der Waals surface area contributed by atoms with E-state index in [4.69, 9.17) is 0 Å². The Labute approximate surface area is 296 Å². The quantitative estimate of drug-likeness (QED) is 0.169. The minimum Gasteiger partial charge on any atom is -0.311 e. The monoisotopic (exact) mass is 648 g/mol. The molecule has 11 rings (SSSR count). The number of para-hydroxylation sites is 1. The van der Waals surface area contributed by atoms with Crippen LogP contribution in [-0.4, -0.2) is 15.8 Å². The van der Waals surface area contributed by atoms with Crippen molar-refractivity contribution in [2.75, 3.05) is 0 Å². The topological polar surface area (TPSA) is 9.86 Å². The zero-order valence-corrected chi connectivity index (χ0v) is 28.1. The van der Waals surface area contributed by atoms with Crippen molar-refractivity contribution in [3.05, 3.63) is 180 Å². The Morgan fingerprint density at radius 1 is 0.451 bits per heavy atom. The van der Waals surface area contributed by atoms with Gasteiger partial charge in [0.25, 0.3) is 0 Å². The zero-order chi connectivity index (χ0) is 33.5. The molecule has 0 N–H and O–H groups in total. The Morgan fingerprint density at radius 3 is 1.73 bits per heavy atom. The van der Waals surface area contributed by atoms with Crippen LogP contribution in [0.4, 0.5) is 0 Å². The van der Waals surface area contributed by atoms with Gasteiger partial charge in [-0.15, -0.1) is 0 Å². The fourth-order valence-corrected chi connectivity index (χ4v) is 9.05. The van der Waals surface area contributed by atoms with Gasteiger partial charge in [-0.25, -0.2) is 0 Å². The van der Waals surface area contributed by atoms with Crippen molar-refractivity contribution in [2.24, 2.45) is 0 Å². The number of nitrogens with zero attached hydrogens (tertiary/aromatic N) is 2. The van der Waals surface area contributed by atoms with E-state index in [2.05, 4.69) is 185 Å². The summed E-state index contributed by atoms with van der Waals surface area (Å²) in [6.07, 6.45) is 4.61. The number of rotatable bonds is 4. The van der Waals surface area contributed by atoms with Crippen molar-refractivity contribution in [3.63, 3.8) is 0 Å². The molecule has 3 heteroatoms. The second kappa shape index (κ2) is 11.1. The van der Waals surface area contributed by atoms with E-state index in [0.717, 1.165) is 12.8 Å². The number of fused-ring (bicyclic) bond motifs is 8. The molecule has 0 saturated heterocycles. The van der Waals surface area contributed by atoms with Crippen LogP contribution in [0.3, 0.4) is 0 Å². The molecule has 0 amide bonds. The highest BCUT2D eigenvalue weighted by molar-refractivity contribution is 6.99. The summed E-state index contributed by atoms with van der Waals surface area (Å²) in [5.41, 5.74) is 15.3. The number of hydrogen-bond donors (Lipinski definition) is 0. The van der Waals surface area contributed by atoms with Crippen LogP contribution in [-0.2, 0) is 0 Å². The van der Waals surface area contributed by atoms with Crippen molar-refractivity contribution < 1.29 is 0 Å². The summed E-state index contributed by atoms with van der Waals surface area (Å²) in [6, 6.07) is 62.8. The van der Waals surface area contributed by atoms with Crippen LogP contribution >= 0.6 is 0 Å². The molecule has 3 heterocycles. The van der Waals surface area contributed by atoms with Gasteiger partial charge in [-0.2, -0.15) is 0 Å². The summed E-state index contributed by atoms with van der Waals surface area (Å²) in [4.78, 5) is 0. The first-order chi connectivity index (χ1) is 25.3. The van der Waals surface area contributed by atoms with Crippen LogP contribution in [0.5, 0.6) is 0 Å². The predicted octanol–water partition coefficient (Wildman–Crippen LogP) is 8.95. The molecule has 2 aromatic heterocycles. The van der Waals surface area contributed by atoms with Gasteiger partial charge in [0.15, 0.2) is 0 Å². The molecule has 1 aliphatic heterocycles. The maximum Gasteiger partial charge on any atom is 0.242 e. The summed E-state index contributed by atoms with van der Waals surface area (Å²) < 4.78 is 5.08. The third kappa shape index (κ3) is 4.25. The van der Waals surface area contributed by atoms with Gasteiger partial charge in [0, 0.05) is 38.1 Å². The van der Waals surface area contributed by atoms with Crippen LogP contribution in [0, 0.1) is 0 Å². The Hall–Kier alpha value is -6.32. The van der Waals surface area contributed by atoms with Crippen molar-refractivity contribution in [2.45, 2.75) is 12.8 Å². The summed E-state index contributed by atoms with van der Waals surface area (Å²) in [5, 5.41) is 6.64. The molecule has 9 aromatic rings. The first-order valence-corrected chi connectivity index (χ1v) is 18.0. The second-order valence-corrected chi connectivity index (χ2v) is 14.0. The van der Waals surface area contributed by atoms with E-state index in [-0.39, 0.29) is 6.71 Å². The van der Waals surface area contributed by atoms with E-state index in [9.17, 15) is 0 Å². The lowest BCUT2D eigenvalue weighted by atomic mass is 9.34. The normalized spacial score (nSPS) is 13.4. The van der Waals surface area contributed by atoms with Gasteiger partial charge >= 0.3 is 0 Å². The van der Waals surface area contributed by atoms with E-state index in [1.54, 1.807) is 0 Å². The van der Waals surface area contributed by atoms with E-state index in [1.807, 2.05) is 0 Å². The fraction of sp³-hybridized carbons (Fsp3) is 0.0417.